The first-order valence-electron chi connectivity index (χ1n) is 6.94. The standard InChI is InChI=1S/C16H21BrN2O2/c1-9(14(18)15(20)21-16(2,3)4)12-8-19-13-6-5-10(17)7-11(12)13/h5-9,14,19H,18H2,1-4H3/t9-,14+/m1/s1. The van der Waals surface area contributed by atoms with E-state index in [4.69, 9.17) is 10.5 Å². The summed E-state index contributed by atoms with van der Waals surface area (Å²) in [6.07, 6.45) is 1.91. The van der Waals surface area contributed by atoms with E-state index in [-0.39, 0.29) is 11.9 Å². The van der Waals surface area contributed by atoms with Crippen LogP contribution in [-0.2, 0) is 9.53 Å². The zero-order valence-corrected chi connectivity index (χ0v) is 14.3. The minimum absolute atomic E-state index is 0.136. The van der Waals surface area contributed by atoms with Gasteiger partial charge in [0.1, 0.15) is 11.6 Å². The second-order valence-corrected chi connectivity index (χ2v) is 7.20. The highest BCUT2D eigenvalue weighted by Gasteiger charge is 2.28. The van der Waals surface area contributed by atoms with Crippen LogP contribution in [0.2, 0.25) is 0 Å². The van der Waals surface area contributed by atoms with Crippen molar-refractivity contribution < 1.29 is 9.53 Å². The number of esters is 1. The fraction of sp³-hybridized carbons (Fsp3) is 0.438. The van der Waals surface area contributed by atoms with Gasteiger partial charge in [0.2, 0.25) is 0 Å². The van der Waals surface area contributed by atoms with Crippen LogP contribution in [0.15, 0.2) is 28.9 Å². The highest BCUT2D eigenvalue weighted by atomic mass is 79.9. The molecule has 0 spiro atoms. The van der Waals surface area contributed by atoms with E-state index in [0.717, 1.165) is 20.9 Å². The fourth-order valence-electron chi connectivity index (χ4n) is 2.26. The second-order valence-electron chi connectivity index (χ2n) is 6.28. The number of aromatic amines is 1. The molecule has 21 heavy (non-hydrogen) atoms. The zero-order chi connectivity index (χ0) is 15.8. The number of ether oxygens (including phenoxy) is 1. The largest absolute Gasteiger partial charge is 0.459 e. The molecular formula is C16H21BrN2O2. The predicted octanol–water partition coefficient (Wildman–Crippen LogP) is 3.70. The van der Waals surface area contributed by atoms with Crippen molar-refractivity contribution in [3.05, 3.63) is 34.4 Å². The van der Waals surface area contributed by atoms with E-state index in [1.165, 1.54) is 0 Å². The number of nitrogens with two attached hydrogens (primary N) is 1. The fourth-order valence-corrected chi connectivity index (χ4v) is 2.62. The molecule has 2 aromatic rings. The number of benzene rings is 1. The van der Waals surface area contributed by atoms with Gasteiger partial charge in [0.15, 0.2) is 0 Å². The highest BCUT2D eigenvalue weighted by molar-refractivity contribution is 9.10. The van der Waals surface area contributed by atoms with Gasteiger partial charge in [-0.15, -0.1) is 0 Å². The molecule has 4 nitrogen and oxygen atoms in total. The van der Waals surface area contributed by atoms with E-state index in [2.05, 4.69) is 20.9 Å². The Balaban J connectivity index is 2.27. The van der Waals surface area contributed by atoms with Gasteiger partial charge < -0.3 is 15.5 Å². The number of aromatic nitrogens is 1. The molecule has 1 heterocycles. The van der Waals surface area contributed by atoms with E-state index in [1.54, 1.807) is 0 Å². The SMILES string of the molecule is C[C@H](c1c[nH]c2ccc(Br)cc12)[C@H](N)C(=O)OC(C)(C)C. The van der Waals surface area contributed by atoms with Gasteiger partial charge in [-0.25, -0.2) is 0 Å². The van der Waals surface area contributed by atoms with Crippen molar-refractivity contribution in [1.29, 1.82) is 0 Å². The van der Waals surface area contributed by atoms with Crippen molar-refractivity contribution in [3.8, 4) is 0 Å². The number of carbonyl (C=O) groups is 1. The van der Waals surface area contributed by atoms with Crippen LogP contribution in [0.3, 0.4) is 0 Å². The Bertz CT molecular complexity index is 658. The summed E-state index contributed by atoms with van der Waals surface area (Å²) in [5, 5.41) is 1.07. The van der Waals surface area contributed by atoms with Crippen LogP contribution in [0, 0.1) is 0 Å². The molecule has 0 bridgehead atoms. The van der Waals surface area contributed by atoms with Crippen molar-refractivity contribution in [1.82, 2.24) is 4.98 Å². The zero-order valence-electron chi connectivity index (χ0n) is 12.7. The van der Waals surface area contributed by atoms with Gasteiger partial charge in [-0.1, -0.05) is 22.9 Å². The smallest absolute Gasteiger partial charge is 0.324 e. The Kier molecular flexibility index (Phi) is 4.44. The topological polar surface area (TPSA) is 68.1 Å². The number of hydrogen-bond donors (Lipinski definition) is 2. The molecular weight excluding hydrogens is 332 g/mol. The molecule has 0 amide bonds. The third-order valence-corrected chi connectivity index (χ3v) is 3.88. The van der Waals surface area contributed by atoms with E-state index in [1.807, 2.05) is 52.1 Å². The predicted molar refractivity (Wildman–Crippen MR) is 88.2 cm³/mol. The van der Waals surface area contributed by atoms with Crippen molar-refractivity contribution >= 4 is 32.8 Å². The van der Waals surface area contributed by atoms with Crippen LogP contribution in [0.4, 0.5) is 0 Å². The average Bonchev–Trinajstić information content (AvgIpc) is 2.77. The molecule has 3 N–H and O–H groups in total. The molecule has 0 aliphatic heterocycles. The number of fused-ring (bicyclic) bond motifs is 1. The molecule has 0 unspecified atom stereocenters. The molecule has 0 radical (unpaired) electrons. The molecule has 114 valence electrons. The minimum atomic E-state index is -0.692. The average molecular weight is 353 g/mol. The molecule has 0 saturated carbocycles. The van der Waals surface area contributed by atoms with E-state index in [9.17, 15) is 4.79 Å². The molecule has 0 aliphatic rings. The molecule has 0 aliphatic carbocycles. The van der Waals surface area contributed by atoms with Crippen molar-refractivity contribution in [2.75, 3.05) is 0 Å². The first-order valence-corrected chi connectivity index (χ1v) is 7.73. The van der Waals surface area contributed by atoms with E-state index >= 15 is 0 Å². The van der Waals surface area contributed by atoms with E-state index < -0.39 is 11.6 Å². The lowest BCUT2D eigenvalue weighted by atomic mass is 9.93. The van der Waals surface area contributed by atoms with Gasteiger partial charge in [0.05, 0.1) is 0 Å². The summed E-state index contributed by atoms with van der Waals surface area (Å²) in [6, 6.07) is 5.30. The molecule has 2 rings (SSSR count). The first-order chi connectivity index (χ1) is 9.69. The minimum Gasteiger partial charge on any atom is -0.459 e. The van der Waals surface area contributed by atoms with Gasteiger partial charge >= 0.3 is 5.97 Å². The molecule has 2 atom stereocenters. The number of hydrogen-bond acceptors (Lipinski definition) is 3. The monoisotopic (exact) mass is 352 g/mol. The van der Waals surface area contributed by atoms with Gasteiger partial charge in [-0.05, 0) is 44.5 Å². The van der Waals surface area contributed by atoms with Gasteiger partial charge in [-0.2, -0.15) is 0 Å². The molecule has 1 aromatic heterocycles. The van der Waals surface area contributed by atoms with Crippen LogP contribution < -0.4 is 5.73 Å². The van der Waals surface area contributed by atoms with Gasteiger partial charge in [0, 0.05) is 27.5 Å². The Morgan fingerprint density at radius 3 is 2.67 bits per heavy atom. The normalized spacial score (nSPS) is 15.0. The summed E-state index contributed by atoms with van der Waals surface area (Å²) in [5.41, 5.74) is 7.60. The third-order valence-electron chi connectivity index (χ3n) is 3.38. The number of H-pyrrole nitrogens is 1. The van der Waals surface area contributed by atoms with Crippen LogP contribution >= 0.6 is 15.9 Å². The van der Waals surface area contributed by atoms with Crippen LogP contribution in [0.1, 0.15) is 39.2 Å². The Hall–Kier alpha value is -1.33. The number of halogens is 1. The van der Waals surface area contributed by atoms with Crippen LogP contribution in [-0.4, -0.2) is 22.6 Å². The van der Waals surface area contributed by atoms with Crippen molar-refractivity contribution in [2.24, 2.45) is 5.73 Å². The first kappa shape index (κ1) is 16.0. The summed E-state index contributed by atoms with van der Waals surface area (Å²) >= 11 is 3.47. The lowest BCUT2D eigenvalue weighted by molar-refractivity contribution is -0.156. The van der Waals surface area contributed by atoms with Crippen molar-refractivity contribution in [2.45, 2.75) is 45.3 Å². The van der Waals surface area contributed by atoms with Crippen LogP contribution in [0.5, 0.6) is 0 Å². The lowest BCUT2D eigenvalue weighted by Gasteiger charge is -2.25. The number of rotatable bonds is 3. The van der Waals surface area contributed by atoms with Gasteiger partial charge in [0.25, 0.3) is 0 Å². The maximum Gasteiger partial charge on any atom is 0.324 e. The summed E-state index contributed by atoms with van der Waals surface area (Å²) in [4.78, 5) is 15.3. The summed E-state index contributed by atoms with van der Waals surface area (Å²) in [5.74, 6) is -0.512. The number of nitrogens with one attached hydrogen (secondary N) is 1. The quantitative estimate of drug-likeness (QED) is 0.827. The summed E-state index contributed by atoms with van der Waals surface area (Å²) in [7, 11) is 0. The van der Waals surface area contributed by atoms with Gasteiger partial charge in [-0.3, -0.25) is 4.79 Å². The number of carbonyl (C=O) groups excluding carboxylic acids is 1. The molecule has 1 aromatic carbocycles. The third kappa shape index (κ3) is 3.66. The highest BCUT2D eigenvalue weighted by Crippen LogP contribution is 2.30. The maximum atomic E-state index is 12.1. The molecule has 0 saturated heterocycles. The lowest BCUT2D eigenvalue weighted by Crippen LogP contribution is -2.40. The Labute approximate surface area is 133 Å². The maximum absolute atomic E-state index is 12.1. The summed E-state index contributed by atoms with van der Waals surface area (Å²) in [6.45, 7) is 7.46. The second kappa shape index (κ2) is 5.81. The Morgan fingerprint density at radius 1 is 1.38 bits per heavy atom. The van der Waals surface area contributed by atoms with E-state index in [0.29, 0.717) is 0 Å². The summed E-state index contributed by atoms with van der Waals surface area (Å²) < 4.78 is 6.37. The molecule has 5 heteroatoms. The van der Waals surface area contributed by atoms with Crippen LogP contribution in [0.25, 0.3) is 10.9 Å². The van der Waals surface area contributed by atoms with Crippen molar-refractivity contribution in [3.63, 3.8) is 0 Å². The Morgan fingerprint density at radius 2 is 2.05 bits per heavy atom. The molecule has 0 fully saturated rings.